The maximum Gasteiger partial charge on any atom is 0.255 e. The lowest BCUT2D eigenvalue weighted by Gasteiger charge is -2.11. The van der Waals surface area contributed by atoms with Crippen LogP contribution in [0.5, 0.6) is 0 Å². The van der Waals surface area contributed by atoms with Crippen LogP contribution < -0.4 is 10.6 Å². The fraction of sp³-hybridized carbons (Fsp3) is 0.263. The number of fused-ring (bicyclic) bond motifs is 1. The number of anilines is 2. The molecule has 138 valence electrons. The van der Waals surface area contributed by atoms with Gasteiger partial charge in [-0.3, -0.25) is 14.7 Å². The molecule has 1 aromatic carbocycles. The second kappa shape index (κ2) is 7.16. The zero-order chi connectivity index (χ0) is 18.8. The first kappa shape index (κ1) is 17.2. The summed E-state index contributed by atoms with van der Waals surface area (Å²) in [4.78, 5) is 29.0. The van der Waals surface area contributed by atoms with Crippen molar-refractivity contribution in [3.63, 3.8) is 0 Å². The number of ether oxygens (including phenoxy) is 1. The Balaban J connectivity index is 1.47. The smallest absolute Gasteiger partial charge is 0.255 e. The number of benzene rings is 1. The van der Waals surface area contributed by atoms with Crippen LogP contribution in [0.1, 0.15) is 28.9 Å². The minimum atomic E-state index is -0.418. The Bertz CT molecular complexity index is 1010. The zero-order valence-corrected chi connectivity index (χ0v) is 14.8. The monoisotopic (exact) mass is 365 g/mol. The summed E-state index contributed by atoms with van der Waals surface area (Å²) in [5.74, 6) is -0.472. The van der Waals surface area contributed by atoms with Crippen LogP contribution in [0.25, 0.3) is 11.0 Å². The predicted octanol–water partition coefficient (Wildman–Crippen LogP) is 2.64. The molecule has 8 heteroatoms. The van der Waals surface area contributed by atoms with E-state index in [4.69, 9.17) is 4.74 Å². The Morgan fingerprint density at radius 3 is 2.93 bits per heavy atom. The number of aromatic nitrogens is 3. The Morgan fingerprint density at radius 1 is 1.22 bits per heavy atom. The number of aromatic amines is 1. The van der Waals surface area contributed by atoms with Crippen LogP contribution in [-0.4, -0.2) is 39.7 Å². The molecule has 0 aliphatic carbocycles. The van der Waals surface area contributed by atoms with E-state index in [2.05, 4.69) is 25.8 Å². The molecule has 0 saturated carbocycles. The van der Waals surface area contributed by atoms with Gasteiger partial charge in [-0.25, -0.2) is 4.98 Å². The zero-order valence-electron chi connectivity index (χ0n) is 14.8. The molecule has 3 heterocycles. The van der Waals surface area contributed by atoms with Crippen LogP contribution in [0.3, 0.4) is 0 Å². The summed E-state index contributed by atoms with van der Waals surface area (Å²) in [6, 6.07) is 8.61. The maximum atomic E-state index is 12.6. The molecule has 1 aliphatic heterocycles. The summed E-state index contributed by atoms with van der Waals surface area (Å²) >= 11 is 0. The molecule has 8 nitrogen and oxygen atoms in total. The number of hydrogen-bond acceptors (Lipinski definition) is 5. The normalized spacial score (nSPS) is 16.4. The van der Waals surface area contributed by atoms with Crippen molar-refractivity contribution >= 4 is 34.2 Å². The fourth-order valence-electron chi connectivity index (χ4n) is 3.04. The van der Waals surface area contributed by atoms with Gasteiger partial charge in [-0.1, -0.05) is 6.07 Å². The second-order valence-electron chi connectivity index (χ2n) is 6.47. The van der Waals surface area contributed by atoms with Crippen molar-refractivity contribution in [2.75, 3.05) is 17.2 Å². The number of aryl methyl sites for hydroxylation is 1. The number of rotatable bonds is 4. The lowest BCUT2D eigenvalue weighted by Crippen LogP contribution is -2.27. The first-order valence-electron chi connectivity index (χ1n) is 8.75. The van der Waals surface area contributed by atoms with Gasteiger partial charge in [-0.15, -0.1) is 0 Å². The van der Waals surface area contributed by atoms with Gasteiger partial charge in [-0.05, 0) is 44.0 Å². The first-order valence-corrected chi connectivity index (χ1v) is 8.75. The van der Waals surface area contributed by atoms with Crippen LogP contribution in [0.2, 0.25) is 0 Å². The predicted molar refractivity (Wildman–Crippen MR) is 101 cm³/mol. The van der Waals surface area contributed by atoms with Crippen molar-refractivity contribution < 1.29 is 14.3 Å². The van der Waals surface area contributed by atoms with E-state index in [0.29, 0.717) is 29.2 Å². The van der Waals surface area contributed by atoms with Crippen molar-refractivity contribution in [1.29, 1.82) is 0 Å². The highest BCUT2D eigenvalue weighted by Crippen LogP contribution is 2.20. The maximum absolute atomic E-state index is 12.6. The molecule has 27 heavy (non-hydrogen) atoms. The van der Waals surface area contributed by atoms with E-state index in [9.17, 15) is 9.59 Å². The van der Waals surface area contributed by atoms with Crippen molar-refractivity contribution in [3.8, 4) is 0 Å². The highest BCUT2D eigenvalue weighted by Gasteiger charge is 2.23. The molecular weight excluding hydrogens is 346 g/mol. The van der Waals surface area contributed by atoms with Crippen LogP contribution in [-0.2, 0) is 9.53 Å². The molecule has 1 atom stereocenters. The molecular formula is C19H19N5O3. The molecule has 1 saturated heterocycles. The first-order chi connectivity index (χ1) is 13.1. The molecule has 0 bridgehead atoms. The summed E-state index contributed by atoms with van der Waals surface area (Å²) in [6.45, 7) is 2.50. The molecule has 0 spiro atoms. The average molecular weight is 365 g/mol. The molecule has 3 N–H and O–H groups in total. The van der Waals surface area contributed by atoms with Crippen LogP contribution in [0.4, 0.5) is 11.4 Å². The topological polar surface area (TPSA) is 109 Å². The van der Waals surface area contributed by atoms with E-state index in [1.165, 1.54) is 0 Å². The van der Waals surface area contributed by atoms with Gasteiger partial charge < -0.3 is 15.4 Å². The fourth-order valence-corrected chi connectivity index (χ4v) is 3.04. The minimum Gasteiger partial charge on any atom is -0.368 e. The lowest BCUT2D eigenvalue weighted by atomic mass is 10.1. The SMILES string of the molecule is Cc1[nH]nc2ncc(NC(=O)c3cccc(NC(=O)C4CCCO4)c3)cc12. The third-order valence-corrected chi connectivity index (χ3v) is 4.47. The summed E-state index contributed by atoms with van der Waals surface area (Å²) in [5, 5.41) is 13.4. The van der Waals surface area contributed by atoms with E-state index in [-0.39, 0.29) is 11.8 Å². The van der Waals surface area contributed by atoms with Crippen molar-refractivity contribution in [2.24, 2.45) is 0 Å². The summed E-state index contributed by atoms with van der Waals surface area (Å²) < 4.78 is 5.38. The van der Waals surface area contributed by atoms with Gasteiger partial charge in [0.05, 0.1) is 11.9 Å². The van der Waals surface area contributed by atoms with E-state index < -0.39 is 6.10 Å². The van der Waals surface area contributed by atoms with Gasteiger partial charge in [-0.2, -0.15) is 5.10 Å². The van der Waals surface area contributed by atoms with E-state index in [1.54, 1.807) is 30.5 Å². The summed E-state index contributed by atoms with van der Waals surface area (Å²) in [6.07, 6.45) is 2.74. The number of nitrogens with zero attached hydrogens (tertiary/aromatic N) is 2. The largest absolute Gasteiger partial charge is 0.368 e. The Morgan fingerprint density at radius 2 is 2.11 bits per heavy atom. The van der Waals surface area contributed by atoms with Gasteiger partial charge in [0.15, 0.2) is 5.65 Å². The van der Waals surface area contributed by atoms with Crippen molar-refractivity contribution in [2.45, 2.75) is 25.9 Å². The number of hydrogen-bond donors (Lipinski definition) is 3. The third-order valence-electron chi connectivity index (χ3n) is 4.47. The Labute approximate surface area is 155 Å². The van der Waals surface area contributed by atoms with Gasteiger partial charge >= 0.3 is 0 Å². The highest BCUT2D eigenvalue weighted by atomic mass is 16.5. The molecule has 1 aliphatic rings. The van der Waals surface area contributed by atoms with E-state index >= 15 is 0 Å². The molecule has 2 amide bonds. The number of amides is 2. The standard InChI is InChI=1S/C19H19N5O3/c1-11-15-9-14(10-20-17(15)24-23-11)22-18(25)12-4-2-5-13(8-12)21-19(26)16-6-3-7-27-16/h2,4-5,8-10,16H,3,6-7H2,1H3,(H,21,26)(H,22,25)(H,20,23,24). The highest BCUT2D eigenvalue weighted by molar-refractivity contribution is 6.06. The van der Waals surface area contributed by atoms with E-state index in [1.807, 2.05) is 13.0 Å². The van der Waals surface area contributed by atoms with Gasteiger partial charge in [0.1, 0.15) is 6.10 Å². The van der Waals surface area contributed by atoms with Crippen molar-refractivity contribution in [1.82, 2.24) is 15.2 Å². The average Bonchev–Trinajstić information content (AvgIpc) is 3.33. The second-order valence-corrected chi connectivity index (χ2v) is 6.47. The van der Waals surface area contributed by atoms with Crippen LogP contribution >= 0.6 is 0 Å². The van der Waals surface area contributed by atoms with Gasteiger partial charge in [0.2, 0.25) is 0 Å². The Hall–Kier alpha value is -3.26. The lowest BCUT2D eigenvalue weighted by molar-refractivity contribution is -0.124. The Kier molecular flexibility index (Phi) is 4.55. The molecule has 3 aromatic rings. The van der Waals surface area contributed by atoms with Gasteiger partial charge in [0.25, 0.3) is 11.8 Å². The molecule has 0 radical (unpaired) electrons. The molecule has 4 rings (SSSR count). The molecule has 1 fully saturated rings. The number of H-pyrrole nitrogens is 1. The quantitative estimate of drug-likeness (QED) is 0.658. The van der Waals surface area contributed by atoms with Crippen LogP contribution in [0.15, 0.2) is 36.5 Å². The summed E-state index contributed by atoms with van der Waals surface area (Å²) in [5.41, 5.74) is 3.05. The van der Waals surface area contributed by atoms with Crippen molar-refractivity contribution in [3.05, 3.63) is 47.8 Å². The number of carbonyl (C=O) groups excluding carboxylic acids is 2. The number of carbonyl (C=O) groups is 2. The molecule has 1 unspecified atom stereocenters. The van der Waals surface area contributed by atoms with Gasteiger partial charge in [0, 0.05) is 28.9 Å². The number of pyridine rings is 1. The minimum absolute atomic E-state index is 0.185. The van der Waals surface area contributed by atoms with Crippen LogP contribution in [0, 0.1) is 6.92 Å². The number of nitrogens with one attached hydrogen (secondary N) is 3. The molecule has 2 aromatic heterocycles. The third kappa shape index (κ3) is 3.65. The van der Waals surface area contributed by atoms with E-state index in [0.717, 1.165) is 23.9 Å². The summed E-state index contributed by atoms with van der Waals surface area (Å²) in [7, 11) is 0.